The number of aromatic nitrogens is 2. The lowest BCUT2D eigenvalue weighted by molar-refractivity contribution is 0.0754. The fourth-order valence-corrected chi connectivity index (χ4v) is 4.10. The van der Waals surface area contributed by atoms with E-state index in [9.17, 15) is 4.79 Å². The summed E-state index contributed by atoms with van der Waals surface area (Å²) in [4.78, 5) is 25.4. The molecule has 172 valence electrons. The molecule has 0 unspecified atom stereocenters. The van der Waals surface area contributed by atoms with Gasteiger partial charge in [-0.15, -0.1) is 0 Å². The maximum atomic E-state index is 13.2. The normalized spacial score (nSPS) is 14.6. The van der Waals surface area contributed by atoms with Crippen LogP contribution in [0.25, 0.3) is 0 Å². The molecule has 1 aliphatic rings. The van der Waals surface area contributed by atoms with Crippen molar-refractivity contribution in [1.82, 2.24) is 20.2 Å². The van der Waals surface area contributed by atoms with E-state index < -0.39 is 0 Å². The van der Waals surface area contributed by atoms with E-state index in [1.807, 2.05) is 48.2 Å². The molecular weight excluding hydrogens is 414 g/mol. The maximum absolute atomic E-state index is 13.2. The number of nitrogens with one attached hydrogen (secondary N) is 1. The number of benzene rings is 2. The highest BCUT2D eigenvalue weighted by Crippen LogP contribution is 2.28. The Hall–Kier alpha value is -3.45. The molecular formula is C26H31N5O2. The van der Waals surface area contributed by atoms with Gasteiger partial charge in [-0.05, 0) is 49.3 Å². The summed E-state index contributed by atoms with van der Waals surface area (Å²) in [5.41, 5.74) is 3.91. The van der Waals surface area contributed by atoms with Gasteiger partial charge in [-0.3, -0.25) is 4.79 Å². The number of likely N-dealkylation sites (N-methyl/N-ethyl adjacent to an activating group) is 1. The van der Waals surface area contributed by atoms with Gasteiger partial charge in [0.1, 0.15) is 29.6 Å². The van der Waals surface area contributed by atoms with Crippen LogP contribution in [0.5, 0.6) is 5.75 Å². The van der Waals surface area contributed by atoms with E-state index in [2.05, 4.69) is 46.5 Å². The van der Waals surface area contributed by atoms with Crippen molar-refractivity contribution in [1.29, 1.82) is 0 Å². The molecule has 0 aliphatic carbocycles. The number of carbonyl (C=O) groups excluding carboxylic acids is 1. The van der Waals surface area contributed by atoms with Crippen LogP contribution < -0.4 is 15.0 Å². The largest absolute Gasteiger partial charge is 0.486 e. The fraction of sp³-hybridized carbons (Fsp3) is 0.346. The second kappa shape index (κ2) is 10.4. The smallest absolute Gasteiger partial charge is 0.259 e. The third kappa shape index (κ3) is 5.31. The molecule has 33 heavy (non-hydrogen) atoms. The molecule has 2 heterocycles. The maximum Gasteiger partial charge on any atom is 0.259 e. The molecule has 1 aromatic heterocycles. The zero-order valence-electron chi connectivity index (χ0n) is 19.5. The molecule has 0 saturated carbocycles. The average Bonchev–Trinajstić information content (AvgIpc) is 2.96. The van der Waals surface area contributed by atoms with E-state index in [1.54, 1.807) is 6.20 Å². The first-order valence-corrected chi connectivity index (χ1v) is 11.3. The molecule has 2 aromatic carbocycles. The lowest BCUT2D eigenvalue weighted by atomic mass is 10.1. The number of hydrogen-bond donors (Lipinski definition) is 1. The van der Waals surface area contributed by atoms with E-state index in [0.717, 1.165) is 42.0 Å². The molecule has 0 spiro atoms. The van der Waals surface area contributed by atoms with Gasteiger partial charge in [0.15, 0.2) is 0 Å². The van der Waals surface area contributed by atoms with Gasteiger partial charge in [0.25, 0.3) is 5.91 Å². The minimum Gasteiger partial charge on any atom is -0.486 e. The summed E-state index contributed by atoms with van der Waals surface area (Å²) >= 11 is 0. The molecule has 0 saturated heterocycles. The van der Waals surface area contributed by atoms with Gasteiger partial charge in [0.05, 0.1) is 0 Å². The molecule has 0 fully saturated rings. The van der Waals surface area contributed by atoms with Crippen molar-refractivity contribution in [3.63, 3.8) is 0 Å². The van der Waals surface area contributed by atoms with Gasteiger partial charge in [-0.2, -0.15) is 0 Å². The summed E-state index contributed by atoms with van der Waals surface area (Å²) in [7, 11) is 3.91. The first-order valence-electron chi connectivity index (χ1n) is 11.3. The highest BCUT2D eigenvalue weighted by Gasteiger charge is 2.26. The van der Waals surface area contributed by atoms with Gasteiger partial charge in [-0.1, -0.05) is 36.4 Å². The number of ether oxygens (including phenoxy) is 1. The van der Waals surface area contributed by atoms with Crippen molar-refractivity contribution in [2.45, 2.75) is 26.0 Å². The molecule has 3 aromatic rings. The van der Waals surface area contributed by atoms with Crippen molar-refractivity contribution in [2.75, 3.05) is 38.6 Å². The minimum atomic E-state index is -0.0362. The lowest BCUT2D eigenvalue weighted by Gasteiger charge is -2.23. The molecule has 1 amide bonds. The molecule has 1 N–H and O–H groups in total. The van der Waals surface area contributed by atoms with Crippen LogP contribution in [0.15, 0.2) is 61.1 Å². The van der Waals surface area contributed by atoms with Crippen molar-refractivity contribution in [2.24, 2.45) is 0 Å². The monoisotopic (exact) mass is 445 g/mol. The van der Waals surface area contributed by atoms with Crippen LogP contribution in [-0.4, -0.2) is 54.5 Å². The SMILES string of the molecule is CNCC[C@H](Oc1ccc(CN2CCN(C)c3ncncc3C2=O)c(C)c1)c1ccccc1. The number of rotatable bonds is 8. The second-order valence-corrected chi connectivity index (χ2v) is 8.41. The minimum absolute atomic E-state index is 0.0249. The Morgan fingerprint density at radius 3 is 2.73 bits per heavy atom. The summed E-state index contributed by atoms with van der Waals surface area (Å²) in [5, 5.41) is 3.21. The Bertz CT molecular complexity index is 1090. The Balaban J connectivity index is 1.50. The van der Waals surface area contributed by atoms with E-state index >= 15 is 0 Å². The molecule has 0 radical (unpaired) electrons. The summed E-state index contributed by atoms with van der Waals surface area (Å²) in [6.07, 6.45) is 3.94. The third-order valence-corrected chi connectivity index (χ3v) is 6.06. The zero-order chi connectivity index (χ0) is 23.2. The van der Waals surface area contributed by atoms with E-state index in [0.29, 0.717) is 24.5 Å². The fourth-order valence-electron chi connectivity index (χ4n) is 4.10. The summed E-state index contributed by atoms with van der Waals surface area (Å²) < 4.78 is 6.39. The average molecular weight is 446 g/mol. The number of fused-ring (bicyclic) bond motifs is 1. The summed E-state index contributed by atoms with van der Waals surface area (Å²) in [5.74, 6) is 1.49. The van der Waals surface area contributed by atoms with Crippen LogP contribution >= 0.6 is 0 Å². The highest BCUT2D eigenvalue weighted by molar-refractivity contribution is 5.99. The Labute approximate surface area is 195 Å². The highest BCUT2D eigenvalue weighted by atomic mass is 16.5. The molecule has 7 heteroatoms. The van der Waals surface area contributed by atoms with Crippen molar-refractivity contribution < 1.29 is 9.53 Å². The van der Waals surface area contributed by atoms with E-state index in [-0.39, 0.29) is 12.0 Å². The number of carbonyl (C=O) groups is 1. The summed E-state index contributed by atoms with van der Waals surface area (Å²) in [6.45, 7) is 4.82. The van der Waals surface area contributed by atoms with Crippen LogP contribution in [0.2, 0.25) is 0 Å². The van der Waals surface area contributed by atoms with Gasteiger partial charge in [-0.25, -0.2) is 9.97 Å². The van der Waals surface area contributed by atoms with Crippen molar-refractivity contribution >= 4 is 11.7 Å². The van der Waals surface area contributed by atoms with Crippen molar-refractivity contribution in [3.8, 4) is 5.75 Å². The van der Waals surface area contributed by atoms with Crippen molar-refractivity contribution in [3.05, 3.63) is 83.3 Å². The summed E-state index contributed by atoms with van der Waals surface area (Å²) in [6, 6.07) is 16.4. The van der Waals surface area contributed by atoms with E-state index in [4.69, 9.17) is 4.74 Å². The van der Waals surface area contributed by atoms with Gasteiger partial charge >= 0.3 is 0 Å². The molecule has 4 rings (SSSR count). The van der Waals surface area contributed by atoms with Crippen LogP contribution in [0, 0.1) is 6.92 Å². The van der Waals surface area contributed by atoms with Gasteiger partial charge in [0.2, 0.25) is 0 Å². The Morgan fingerprint density at radius 2 is 1.97 bits per heavy atom. The number of amides is 1. The van der Waals surface area contributed by atoms with Crippen LogP contribution in [0.1, 0.15) is 39.6 Å². The molecule has 1 atom stereocenters. The molecule has 7 nitrogen and oxygen atoms in total. The number of aryl methyl sites for hydroxylation is 1. The Morgan fingerprint density at radius 1 is 1.15 bits per heavy atom. The first kappa shape index (κ1) is 22.7. The number of anilines is 1. The third-order valence-electron chi connectivity index (χ3n) is 6.06. The molecule has 1 aliphatic heterocycles. The Kier molecular flexibility index (Phi) is 7.19. The predicted molar refractivity (Wildman–Crippen MR) is 130 cm³/mol. The number of nitrogens with zero attached hydrogens (tertiary/aromatic N) is 4. The predicted octanol–water partition coefficient (Wildman–Crippen LogP) is 3.61. The van der Waals surface area contributed by atoms with Crippen LogP contribution in [0.3, 0.4) is 0 Å². The molecule has 0 bridgehead atoms. The van der Waals surface area contributed by atoms with Gasteiger partial charge in [0, 0.05) is 39.3 Å². The van der Waals surface area contributed by atoms with Crippen LogP contribution in [-0.2, 0) is 6.54 Å². The number of hydrogen-bond acceptors (Lipinski definition) is 6. The van der Waals surface area contributed by atoms with Gasteiger partial charge < -0.3 is 19.9 Å². The second-order valence-electron chi connectivity index (χ2n) is 8.41. The van der Waals surface area contributed by atoms with Crippen LogP contribution in [0.4, 0.5) is 5.82 Å². The standard InChI is InChI=1S/C26H31N5O2/c1-19-15-22(33-24(11-12-27-2)20-7-5-4-6-8-20)10-9-21(19)17-31-14-13-30(3)25-23(26(31)32)16-28-18-29-25/h4-10,15-16,18,24,27H,11-14,17H2,1-3H3/t24-/m0/s1. The first-order chi connectivity index (χ1) is 16.1. The topological polar surface area (TPSA) is 70.6 Å². The van der Waals surface area contributed by atoms with E-state index in [1.165, 1.54) is 6.33 Å². The quantitative estimate of drug-likeness (QED) is 0.571. The zero-order valence-corrected chi connectivity index (χ0v) is 19.5. The lowest BCUT2D eigenvalue weighted by Crippen LogP contribution is -2.33.